The van der Waals surface area contributed by atoms with E-state index in [0.29, 0.717) is 0 Å². The van der Waals surface area contributed by atoms with Crippen LogP contribution in [-0.2, 0) is 4.74 Å². The van der Waals surface area contributed by atoms with E-state index in [1.165, 1.54) is 6.42 Å². The second-order valence-electron chi connectivity index (χ2n) is 5.67. The number of furan rings is 1. The van der Waals surface area contributed by atoms with Gasteiger partial charge in [-0.3, -0.25) is 0 Å². The first-order valence-corrected chi connectivity index (χ1v) is 8.19. The van der Waals surface area contributed by atoms with Crippen LogP contribution in [0.5, 0.6) is 0 Å². The van der Waals surface area contributed by atoms with Crippen molar-refractivity contribution in [3.63, 3.8) is 0 Å². The molecule has 0 saturated carbocycles. The number of halogens is 1. The Bertz CT molecular complexity index is 589. The number of benzene rings is 1. The molecule has 4 heteroatoms. The van der Waals surface area contributed by atoms with Crippen LogP contribution in [0.4, 0.5) is 0 Å². The maximum absolute atomic E-state index is 6.06. The highest BCUT2D eigenvalue weighted by atomic mass is 35.5. The van der Waals surface area contributed by atoms with Crippen LogP contribution in [0.2, 0.25) is 5.02 Å². The van der Waals surface area contributed by atoms with E-state index in [2.05, 4.69) is 18.3 Å². The molecule has 1 aromatic heterocycles. The lowest BCUT2D eigenvalue weighted by atomic mass is 10.00. The molecule has 0 spiro atoms. The normalized spacial score (nSPS) is 20.8. The summed E-state index contributed by atoms with van der Waals surface area (Å²) in [5.41, 5.74) is 0.883. The van der Waals surface area contributed by atoms with Crippen molar-refractivity contribution >= 4 is 22.6 Å². The van der Waals surface area contributed by atoms with Crippen molar-refractivity contribution in [2.24, 2.45) is 0 Å². The van der Waals surface area contributed by atoms with Crippen LogP contribution in [0.1, 0.15) is 44.4 Å². The molecule has 1 aromatic carbocycles. The Hall–Kier alpha value is -1.03. The van der Waals surface area contributed by atoms with Crippen LogP contribution in [-0.4, -0.2) is 19.3 Å². The number of ether oxygens (including phenoxy) is 1. The highest BCUT2D eigenvalue weighted by Gasteiger charge is 2.28. The standard InChI is InChI=1S/C17H22ClNO2/c1-2-8-19-17(15-5-3-4-9-20-15)16-11-12-10-13(18)6-7-14(12)21-16/h6-7,10-11,15,17,19H,2-5,8-9H2,1H3. The van der Waals surface area contributed by atoms with E-state index in [1.807, 2.05) is 18.2 Å². The molecule has 3 rings (SSSR count). The number of rotatable bonds is 5. The van der Waals surface area contributed by atoms with E-state index < -0.39 is 0 Å². The van der Waals surface area contributed by atoms with Gasteiger partial charge in [-0.25, -0.2) is 0 Å². The van der Waals surface area contributed by atoms with E-state index in [4.69, 9.17) is 20.8 Å². The van der Waals surface area contributed by atoms with Crippen molar-refractivity contribution in [3.8, 4) is 0 Å². The van der Waals surface area contributed by atoms with Gasteiger partial charge in [0.1, 0.15) is 11.3 Å². The van der Waals surface area contributed by atoms with Gasteiger partial charge in [0.05, 0.1) is 12.1 Å². The predicted molar refractivity (Wildman–Crippen MR) is 85.8 cm³/mol. The molecule has 1 saturated heterocycles. The zero-order chi connectivity index (χ0) is 14.7. The van der Waals surface area contributed by atoms with Gasteiger partial charge in [-0.05, 0) is 56.5 Å². The second kappa shape index (κ2) is 6.82. The molecule has 1 aliphatic rings. The second-order valence-corrected chi connectivity index (χ2v) is 6.10. The monoisotopic (exact) mass is 307 g/mol. The first-order chi connectivity index (χ1) is 10.3. The molecule has 2 atom stereocenters. The summed E-state index contributed by atoms with van der Waals surface area (Å²) in [7, 11) is 0. The SMILES string of the molecule is CCCNC(c1cc2cc(Cl)ccc2o1)C1CCCCO1. The molecule has 0 amide bonds. The number of nitrogens with one attached hydrogen (secondary N) is 1. The topological polar surface area (TPSA) is 34.4 Å². The van der Waals surface area contributed by atoms with E-state index in [9.17, 15) is 0 Å². The van der Waals surface area contributed by atoms with Crippen molar-refractivity contribution in [1.82, 2.24) is 5.32 Å². The molecule has 0 bridgehead atoms. The molecule has 2 aromatic rings. The van der Waals surface area contributed by atoms with Crippen LogP contribution in [0.3, 0.4) is 0 Å². The van der Waals surface area contributed by atoms with Crippen molar-refractivity contribution in [2.75, 3.05) is 13.2 Å². The molecule has 0 radical (unpaired) electrons. The van der Waals surface area contributed by atoms with Crippen molar-refractivity contribution in [1.29, 1.82) is 0 Å². The van der Waals surface area contributed by atoms with Crippen LogP contribution in [0.15, 0.2) is 28.7 Å². The van der Waals surface area contributed by atoms with E-state index >= 15 is 0 Å². The Morgan fingerprint density at radius 3 is 3.00 bits per heavy atom. The molecule has 1 aliphatic heterocycles. The van der Waals surface area contributed by atoms with Gasteiger partial charge in [0.25, 0.3) is 0 Å². The largest absolute Gasteiger partial charge is 0.459 e. The van der Waals surface area contributed by atoms with Gasteiger partial charge in [-0.1, -0.05) is 18.5 Å². The smallest absolute Gasteiger partial charge is 0.134 e. The fourth-order valence-electron chi connectivity index (χ4n) is 2.93. The Kier molecular flexibility index (Phi) is 4.84. The van der Waals surface area contributed by atoms with Gasteiger partial charge in [-0.2, -0.15) is 0 Å². The lowest BCUT2D eigenvalue weighted by molar-refractivity contribution is -0.0122. The number of hydrogen-bond donors (Lipinski definition) is 1. The van der Waals surface area contributed by atoms with E-state index in [-0.39, 0.29) is 12.1 Å². The third-order valence-corrected chi connectivity index (χ3v) is 4.24. The van der Waals surface area contributed by atoms with E-state index in [0.717, 1.165) is 54.2 Å². The Morgan fingerprint density at radius 1 is 1.33 bits per heavy atom. The zero-order valence-electron chi connectivity index (χ0n) is 12.4. The van der Waals surface area contributed by atoms with Crippen LogP contribution < -0.4 is 5.32 Å². The molecule has 1 N–H and O–H groups in total. The zero-order valence-corrected chi connectivity index (χ0v) is 13.2. The van der Waals surface area contributed by atoms with Crippen LogP contribution in [0, 0.1) is 0 Å². The highest BCUT2D eigenvalue weighted by molar-refractivity contribution is 6.31. The highest BCUT2D eigenvalue weighted by Crippen LogP contribution is 2.31. The average molecular weight is 308 g/mol. The number of hydrogen-bond acceptors (Lipinski definition) is 3. The van der Waals surface area contributed by atoms with Gasteiger partial charge >= 0.3 is 0 Å². The summed E-state index contributed by atoms with van der Waals surface area (Å²) in [5.74, 6) is 0.951. The summed E-state index contributed by atoms with van der Waals surface area (Å²) in [5, 5.41) is 5.37. The summed E-state index contributed by atoms with van der Waals surface area (Å²) in [6.45, 7) is 3.98. The maximum atomic E-state index is 6.06. The number of fused-ring (bicyclic) bond motifs is 1. The molecule has 3 nitrogen and oxygen atoms in total. The van der Waals surface area contributed by atoms with Gasteiger partial charge in [0, 0.05) is 17.0 Å². The fourth-order valence-corrected chi connectivity index (χ4v) is 3.11. The third-order valence-electron chi connectivity index (χ3n) is 4.00. The lowest BCUT2D eigenvalue weighted by Gasteiger charge is -2.30. The molecule has 21 heavy (non-hydrogen) atoms. The van der Waals surface area contributed by atoms with Gasteiger partial charge in [0.15, 0.2) is 0 Å². The molecular formula is C17H22ClNO2. The molecule has 2 unspecified atom stereocenters. The van der Waals surface area contributed by atoms with Gasteiger partial charge < -0.3 is 14.5 Å². The average Bonchev–Trinajstić information content (AvgIpc) is 2.91. The van der Waals surface area contributed by atoms with Crippen LogP contribution >= 0.6 is 11.6 Å². The van der Waals surface area contributed by atoms with Gasteiger partial charge in [0.2, 0.25) is 0 Å². The minimum Gasteiger partial charge on any atom is -0.459 e. The summed E-state index contributed by atoms with van der Waals surface area (Å²) in [6.07, 6.45) is 4.75. The lowest BCUT2D eigenvalue weighted by Crippen LogP contribution is -2.36. The maximum Gasteiger partial charge on any atom is 0.134 e. The van der Waals surface area contributed by atoms with Crippen molar-refractivity contribution in [3.05, 3.63) is 35.0 Å². The van der Waals surface area contributed by atoms with Crippen molar-refractivity contribution < 1.29 is 9.15 Å². The molecule has 1 fully saturated rings. The summed E-state index contributed by atoms with van der Waals surface area (Å²) in [4.78, 5) is 0. The Labute approximate surface area is 130 Å². The van der Waals surface area contributed by atoms with Gasteiger partial charge in [-0.15, -0.1) is 0 Å². The Morgan fingerprint density at radius 2 is 2.24 bits per heavy atom. The summed E-state index contributed by atoms with van der Waals surface area (Å²) < 4.78 is 12.0. The Balaban J connectivity index is 1.88. The quantitative estimate of drug-likeness (QED) is 0.869. The van der Waals surface area contributed by atoms with Crippen molar-refractivity contribution in [2.45, 2.75) is 44.8 Å². The minimum absolute atomic E-state index is 0.122. The molecular weight excluding hydrogens is 286 g/mol. The first kappa shape index (κ1) is 14.9. The van der Waals surface area contributed by atoms with Crippen LogP contribution in [0.25, 0.3) is 11.0 Å². The molecule has 114 valence electrons. The molecule has 2 heterocycles. The summed E-state index contributed by atoms with van der Waals surface area (Å²) in [6, 6.07) is 7.95. The third kappa shape index (κ3) is 3.42. The predicted octanol–water partition coefficient (Wildman–Crippen LogP) is 4.70. The first-order valence-electron chi connectivity index (χ1n) is 7.82. The minimum atomic E-state index is 0.122. The van der Waals surface area contributed by atoms with E-state index in [1.54, 1.807) is 0 Å². The summed E-state index contributed by atoms with van der Waals surface area (Å²) >= 11 is 6.06. The fraction of sp³-hybridized carbons (Fsp3) is 0.529. The molecule has 0 aliphatic carbocycles.